The average molecular weight is 712 g/mol. The lowest BCUT2D eigenvalue weighted by atomic mass is 9.91. The summed E-state index contributed by atoms with van der Waals surface area (Å²) in [5.74, 6) is 0. The summed E-state index contributed by atoms with van der Waals surface area (Å²) in [6, 6.07) is 77.9. The molecule has 0 spiro atoms. The lowest BCUT2D eigenvalue weighted by molar-refractivity contribution is 1.24. The van der Waals surface area contributed by atoms with Gasteiger partial charge in [0.1, 0.15) is 0 Å². The maximum atomic E-state index is 2.43. The minimum atomic E-state index is 0.903. The van der Waals surface area contributed by atoms with Crippen LogP contribution in [-0.4, -0.2) is 0 Å². The zero-order valence-electron chi connectivity index (χ0n) is 30.9. The summed E-state index contributed by atoms with van der Waals surface area (Å²) in [5, 5.41) is 7.75. The molecule has 1 nitrogen and oxygen atoms in total. The van der Waals surface area contributed by atoms with Crippen LogP contribution in [0.1, 0.15) is 11.1 Å². The van der Waals surface area contributed by atoms with Crippen molar-refractivity contribution in [1.82, 2.24) is 0 Å². The number of benzene rings is 10. The van der Waals surface area contributed by atoms with E-state index in [-0.39, 0.29) is 0 Å². The normalized spacial score (nSPS) is 11.9. The summed E-state index contributed by atoms with van der Waals surface area (Å²) < 4.78 is 0. The highest BCUT2D eigenvalue weighted by Crippen LogP contribution is 2.47. The Hall–Kier alpha value is -7.22. The Kier molecular flexibility index (Phi) is 7.64. The summed E-state index contributed by atoms with van der Waals surface area (Å²) in [7, 11) is 0. The molecule has 0 aromatic heterocycles. The Labute approximate surface area is 327 Å². The van der Waals surface area contributed by atoms with Crippen LogP contribution < -0.4 is 4.90 Å². The van der Waals surface area contributed by atoms with Crippen LogP contribution in [0.15, 0.2) is 212 Å². The molecule has 0 heterocycles. The first-order valence-corrected chi connectivity index (χ1v) is 19.5. The van der Waals surface area contributed by atoms with Crippen LogP contribution in [0.4, 0.5) is 17.1 Å². The van der Waals surface area contributed by atoms with Crippen LogP contribution in [0.5, 0.6) is 0 Å². The monoisotopic (exact) mass is 711 g/mol. The van der Waals surface area contributed by atoms with Gasteiger partial charge in [-0.3, -0.25) is 0 Å². The van der Waals surface area contributed by atoms with Crippen molar-refractivity contribution < 1.29 is 0 Å². The van der Waals surface area contributed by atoms with Crippen molar-refractivity contribution in [2.75, 3.05) is 4.90 Å². The summed E-state index contributed by atoms with van der Waals surface area (Å²) in [4.78, 5) is 2.42. The number of fused-ring (bicyclic) bond motifs is 8. The molecule has 0 amide bonds. The Bertz CT molecular complexity index is 3090. The molecule has 10 aromatic rings. The van der Waals surface area contributed by atoms with Gasteiger partial charge in [0.2, 0.25) is 0 Å². The molecule has 56 heavy (non-hydrogen) atoms. The summed E-state index contributed by atoms with van der Waals surface area (Å²) in [5.41, 5.74) is 16.2. The fourth-order valence-corrected chi connectivity index (χ4v) is 9.03. The number of hydrogen-bond donors (Lipinski definition) is 0. The van der Waals surface area contributed by atoms with Gasteiger partial charge in [0.25, 0.3) is 0 Å². The summed E-state index contributed by atoms with van der Waals surface area (Å²) in [6.07, 6.45) is 0.903. The van der Waals surface area contributed by atoms with E-state index < -0.39 is 0 Å². The lowest BCUT2D eigenvalue weighted by Crippen LogP contribution is -2.10. The third-order valence-electron chi connectivity index (χ3n) is 11.7. The van der Waals surface area contributed by atoms with E-state index in [1.54, 1.807) is 0 Å². The Morgan fingerprint density at radius 1 is 0.286 bits per heavy atom. The molecule has 1 heteroatoms. The largest absolute Gasteiger partial charge is 0.310 e. The Morgan fingerprint density at radius 3 is 1.61 bits per heavy atom. The predicted molar refractivity (Wildman–Crippen MR) is 238 cm³/mol. The van der Waals surface area contributed by atoms with Crippen molar-refractivity contribution in [3.05, 3.63) is 223 Å². The molecular formula is C55H37N. The van der Waals surface area contributed by atoms with Gasteiger partial charge < -0.3 is 4.90 Å². The number of nitrogens with zero attached hydrogens (tertiary/aromatic N) is 1. The first-order valence-electron chi connectivity index (χ1n) is 19.5. The molecule has 0 saturated heterocycles. The third-order valence-corrected chi connectivity index (χ3v) is 11.7. The van der Waals surface area contributed by atoms with Crippen LogP contribution in [0.25, 0.3) is 76.8 Å². The molecule has 0 aliphatic heterocycles. The van der Waals surface area contributed by atoms with Crippen LogP contribution in [0.3, 0.4) is 0 Å². The van der Waals surface area contributed by atoms with E-state index in [4.69, 9.17) is 0 Å². The summed E-state index contributed by atoms with van der Waals surface area (Å²) >= 11 is 0. The topological polar surface area (TPSA) is 3.24 Å². The highest BCUT2D eigenvalue weighted by atomic mass is 15.1. The highest BCUT2D eigenvalue weighted by molar-refractivity contribution is 6.14. The van der Waals surface area contributed by atoms with Gasteiger partial charge in [-0.1, -0.05) is 164 Å². The highest BCUT2D eigenvalue weighted by Gasteiger charge is 2.25. The van der Waals surface area contributed by atoms with E-state index in [0.29, 0.717) is 0 Å². The summed E-state index contributed by atoms with van der Waals surface area (Å²) in [6.45, 7) is 0. The van der Waals surface area contributed by atoms with Crippen molar-refractivity contribution in [2.45, 2.75) is 6.42 Å². The minimum Gasteiger partial charge on any atom is -0.310 e. The molecule has 0 N–H and O–H groups in total. The molecule has 0 atom stereocenters. The molecule has 0 unspecified atom stereocenters. The van der Waals surface area contributed by atoms with E-state index in [1.165, 1.54) is 88.0 Å². The quantitative estimate of drug-likeness (QED) is 0.155. The molecular weight excluding hydrogens is 675 g/mol. The van der Waals surface area contributed by atoms with Gasteiger partial charge in [0.15, 0.2) is 0 Å². The molecule has 1 aliphatic carbocycles. The SMILES string of the molecule is c1ccc(-c2cccc(N(c3ccc(-c4cc5ccccc5c5ccccc45)cc3)c3ccc4c(c3)Cc3c-4cc(-c4ccccc4)c4ccccc34)c2)cc1. The smallest absolute Gasteiger partial charge is 0.0467 e. The molecule has 262 valence electrons. The molecule has 11 rings (SSSR count). The van der Waals surface area contributed by atoms with Crippen molar-refractivity contribution in [3.8, 4) is 44.5 Å². The van der Waals surface area contributed by atoms with E-state index in [1.807, 2.05) is 0 Å². The van der Waals surface area contributed by atoms with Crippen LogP contribution >= 0.6 is 0 Å². The van der Waals surface area contributed by atoms with Crippen molar-refractivity contribution in [3.63, 3.8) is 0 Å². The fraction of sp³-hybridized carbons (Fsp3) is 0.0182. The molecule has 0 fully saturated rings. The standard InChI is InChI=1S/C55H37N/c1-3-14-37(15-4-1)40-19-13-20-44(32-40)56(43-28-26-39(27-29-43)52-34-41-18-7-8-21-46(41)48-22-9-10-23-49(48)52)45-30-31-47-42(33-45)35-54-51-25-12-11-24-50(51)53(36-55(47)54)38-16-5-2-6-17-38/h1-34,36H,35H2. The zero-order chi connectivity index (χ0) is 37.0. The minimum absolute atomic E-state index is 0.903. The van der Waals surface area contributed by atoms with Gasteiger partial charge >= 0.3 is 0 Å². The Morgan fingerprint density at radius 2 is 0.839 bits per heavy atom. The van der Waals surface area contributed by atoms with E-state index in [9.17, 15) is 0 Å². The maximum absolute atomic E-state index is 2.43. The van der Waals surface area contributed by atoms with Crippen LogP contribution in [-0.2, 0) is 6.42 Å². The molecule has 0 bridgehead atoms. The van der Waals surface area contributed by atoms with Crippen LogP contribution in [0, 0.1) is 0 Å². The van der Waals surface area contributed by atoms with Gasteiger partial charge in [-0.25, -0.2) is 0 Å². The lowest BCUT2D eigenvalue weighted by Gasteiger charge is -2.27. The fourth-order valence-electron chi connectivity index (χ4n) is 9.03. The molecule has 1 aliphatic rings. The first kappa shape index (κ1) is 32.2. The number of anilines is 3. The number of rotatable bonds is 6. The van der Waals surface area contributed by atoms with Crippen molar-refractivity contribution in [2.24, 2.45) is 0 Å². The van der Waals surface area contributed by atoms with Gasteiger partial charge in [-0.15, -0.1) is 0 Å². The second-order valence-electron chi connectivity index (χ2n) is 14.9. The average Bonchev–Trinajstić information content (AvgIpc) is 3.65. The van der Waals surface area contributed by atoms with Gasteiger partial charge in [0.05, 0.1) is 0 Å². The van der Waals surface area contributed by atoms with E-state index in [2.05, 4.69) is 217 Å². The van der Waals surface area contributed by atoms with E-state index in [0.717, 1.165) is 23.5 Å². The molecule has 0 saturated carbocycles. The molecule has 0 radical (unpaired) electrons. The van der Waals surface area contributed by atoms with Crippen molar-refractivity contribution >= 4 is 49.4 Å². The van der Waals surface area contributed by atoms with Gasteiger partial charge in [-0.2, -0.15) is 0 Å². The zero-order valence-corrected chi connectivity index (χ0v) is 30.9. The first-order chi connectivity index (χ1) is 27.8. The van der Waals surface area contributed by atoms with Crippen LogP contribution in [0.2, 0.25) is 0 Å². The van der Waals surface area contributed by atoms with Gasteiger partial charge in [-0.05, 0) is 143 Å². The van der Waals surface area contributed by atoms with E-state index >= 15 is 0 Å². The predicted octanol–water partition coefficient (Wildman–Crippen LogP) is 15.2. The second-order valence-corrected chi connectivity index (χ2v) is 14.9. The number of hydrogen-bond acceptors (Lipinski definition) is 1. The molecule has 10 aromatic carbocycles. The maximum Gasteiger partial charge on any atom is 0.0467 e. The third kappa shape index (κ3) is 5.40. The van der Waals surface area contributed by atoms with Gasteiger partial charge in [0, 0.05) is 17.1 Å². The Balaban J connectivity index is 1.05. The van der Waals surface area contributed by atoms with Crippen molar-refractivity contribution in [1.29, 1.82) is 0 Å². The second kappa shape index (κ2) is 13.3.